The number of hydrogen-bond acceptors (Lipinski definition) is 3. The Morgan fingerprint density at radius 2 is 1.95 bits per heavy atom. The van der Waals surface area contributed by atoms with Crippen molar-refractivity contribution in [3.8, 4) is 0 Å². The van der Waals surface area contributed by atoms with Crippen LogP contribution in [0.3, 0.4) is 0 Å². The zero-order valence-corrected chi connectivity index (χ0v) is 12.0. The highest BCUT2D eigenvalue weighted by atomic mass is 19.4. The summed E-state index contributed by atoms with van der Waals surface area (Å²) in [6, 6.07) is 0.433. The van der Waals surface area contributed by atoms with E-state index < -0.39 is 12.8 Å². The Morgan fingerprint density at radius 1 is 1.25 bits per heavy atom. The van der Waals surface area contributed by atoms with Crippen molar-refractivity contribution < 1.29 is 23.0 Å². The minimum absolute atomic E-state index is 0.153. The lowest BCUT2D eigenvalue weighted by Crippen LogP contribution is -2.62. The summed E-state index contributed by atoms with van der Waals surface area (Å²) in [5.41, 5.74) is -0.153. The number of rotatable bonds is 4. The second-order valence-corrected chi connectivity index (χ2v) is 6.70. The van der Waals surface area contributed by atoms with Crippen LogP contribution < -0.4 is 5.32 Å². The van der Waals surface area contributed by atoms with E-state index in [4.69, 9.17) is 4.74 Å². The third-order valence-corrected chi connectivity index (χ3v) is 4.76. The smallest absolute Gasteiger partial charge is 0.392 e. The molecular weight excluding hydrogens is 271 g/mol. The van der Waals surface area contributed by atoms with Gasteiger partial charge >= 0.3 is 6.18 Å². The monoisotopic (exact) mass is 295 g/mol. The van der Waals surface area contributed by atoms with Crippen LogP contribution >= 0.6 is 0 Å². The lowest BCUT2D eigenvalue weighted by atomic mass is 9.64. The van der Waals surface area contributed by atoms with Crippen molar-refractivity contribution in [2.45, 2.75) is 76.4 Å². The summed E-state index contributed by atoms with van der Waals surface area (Å²) in [5, 5.41) is 13.2. The van der Waals surface area contributed by atoms with Gasteiger partial charge in [0.25, 0.3) is 0 Å². The maximum atomic E-state index is 12.2. The first-order chi connectivity index (χ1) is 9.18. The summed E-state index contributed by atoms with van der Waals surface area (Å²) in [6.07, 6.45) is -0.955. The fourth-order valence-electron chi connectivity index (χ4n) is 3.13. The van der Waals surface area contributed by atoms with Gasteiger partial charge in [-0.15, -0.1) is 0 Å². The van der Waals surface area contributed by atoms with Gasteiger partial charge in [0.15, 0.2) is 0 Å². The largest absolute Gasteiger partial charge is 0.411 e. The van der Waals surface area contributed by atoms with Gasteiger partial charge in [0.05, 0.1) is 12.2 Å². The highest BCUT2D eigenvalue weighted by molar-refractivity contribution is 5.03. The van der Waals surface area contributed by atoms with Gasteiger partial charge in [-0.25, -0.2) is 0 Å². The molecular formula is C14H24F3NO2. The first-order valence-corrected chi connectivity index (χ1v) is 7.31. The molecule has 0 amide bonds. The van der Waals surface area contributed by atoms with Crippen molar-refractivity contribution >= 4 is 0 Å². The average molecular weight is 295 g/mol. The topological polar surface area (TPSA) is 41.5 Å². The molecule has 118 valence electrons. The molecule has 4 atom stereocenters. The van der Waals surface area contributed by atoms with E-state index >= 15 is 0 Å². The summed E-state index contributed by atoms with van der Waals surface area (Å²) in [7, 11) is 0. The van der Waals surface area contributed by atoms with Crippen LogP contribution in [0.4, 0.5) is 13.2 Å². The molecule has 2 rings (SSSR count). The van der Waals surface area contributed by atoms with Crippen LogP contribution in [-0.4, -0.2) is 42.2 Å². The van der Waals surface area contributed by atoms with E-state index in [-0.39, 0.29) is 29.7 Å². The molecule has 3 nitrogen and oxygen atoms in total. The van der Waals surface area contributed by atoms with Crippen molar-refractivity contribution in [1.29, 1.82) is 0 Å². The Bertz CT molecular complexity index is 333. The second kappa shape index (κ2) is 5.81. The van der Waals surface area contributed by atoms with E-state index in [1.165, 1.54) is 0 Å². The first kappa shape index (κ1) is 16.0. The Balaban J connectivity index is 1.76. The molecule has 0 heterocycles. The normalized spacial score (nSPS) is 37.5. The molecule has 2 fully saturated rings. The Kier molecular flexibility index (Phi) is 4.66. The number of alkyl halides is 3. The Morgan fingerprint density at radius 3 is 2.50 bits per heavy atom. The maximum absolute atomic E-state index is 12.2. The fourth-order valence-corrected chi connectivity index (χ4v) is 3.13. The van der Waals surface area contributed by atoms with Crippen LogP contribution in [0, 0.1) is 5.41 Å². The van der Waals surface area contributed by atoms with Gasteiger partial charge in [-0.05, 0) is 32.1 Å². The molecule has 6 heteroatoms. The molecule has 0 saturated heterocycles. The van der Waals surface area contributed by atoms with Crippen molar-refractivity contribution in [2.24, 2.45) is 5.41 Å². The molecule has 0 aliphatic heterocycles. The number of aliphatic hydroxyl groups is 1. The van der Waals surface area contributed by atoms with Crippen LogP contribution in [0.5, 0.6) is 0 Å². The zero-order chi connectivity index (χ0) is 15.0. The number of hydrogen-bond donors (Lipinski definition) is 2. The lowest BCUT2D eigenvalue weighted by Gasteiger charge is -2.51. The van der Waals surface area contributed by atoms with Crippen LogP contribution in [0.1, 0.15) is 46.0 Å². The van der Waals surface area contributed by atoms with E-state index in [2.05, 4.69) is 5.32 Å². The molecule has 2 N–H and O–H groups in total. The Labute approximate surface area is 117 Å². The van der Waals surface area contributed by atoms with Crippen LogP contribution in [0.15, 0.2) is 0 Å². The number of halogens is 3. The second-order valence-electron chi connectivity index (χ2n) is 6.70. The summed E-state index contributed by atoms with van der Waals surface area (Å²) in [6.45, 7) is 2.87. The number of aliphatic hydroxyl groups excluding tert-OH is 1. The van der Waals surface area contributed by atoms with Crippen LogP contribution in [0.2, 0.25) is 0 Å². The third kappa shape index (κ3) is 3.86. The highest BCUT2D eigenvalue weighted by Crippen LogP contribution is 2.41. The van der Waals surface area contributed by atoms with Crippen molar-refractivity contribution in [3.05, 3.63) is 0 Å². The molecule has 0 radical (unpaired) electrons. The van der Waals surface area contributed by atoms with Gasteiger partial charge in [0, 0.05) is 17.5 Å². The van der Waals surface area contributed by atoms with Crippen LogP contribution in [-0.2, 0) is 4.74 Å². The minimum atomic E-state index is -4.25. The predicted octanol–water partition coefficient (Wildman–Crippen LogP) is 2.63. The SMILES string of the molecule is CC1(C)C(O)CC1NC1CCCC(OCC(F)(F)F)C1. The van der Waals surface area contributed by atoms with Crippen molar-refractivity contribution in [3.63, 3.8) is 0 Å². The molecule has 0 aromatic carbocycles. The molecule has 0 bridgehead atoms. The summed E-state index contributed by atoms with van der Waals surface area (Å²) < 4.78 is 41.4. The molecule has 2 aliphatic carbocycles. The van der Waals surface area contributed by atoms with Crippen molar-refractivity contribution in [2.75, 3.05) is 6.61 Å². The van der Waals surface area contributed by atoms with Gasteiger partial charge in [0.1, 0.15) is 6.61 Å². The molecule has 2 aliphatic rings. The van der Waals surface area contributed by atoms with E-state index in [0.29, 0.717) is 12.8 Å². The number of ether oxygens (including phenoxy) is 1. The summed E-state index contributed by atoms with van der Waals surface area (Å²) >= 11 is 0. The standard InChI is InChI=1S/C14H24F3NO2/c1-13(2)11(7-12(13)19)18-9-4-3-5-10(6-9)20-8-14(15,16)17/h9-12,18-19H,3-8H2,1-2H3. The molecule has 2 saturated carbocycles. The van der Waals surface area contributed by atoms with Gasteiger partial charge in [-0.1, -0.05) is 13.8 Å². The van der Waals surface area contributed by atoms with E-state index in [1.54, 1.807) is 0 Å². The maximum Gasteiger partial charge on any atom is 0.411 e. The average Bonchev–Trinajstić information content (AvgIpc) is 2.36. The van der Waals surface area contributed by atoms with Crippen LogP contribution in [0.25, 0.3) is 0 Å². The molecule has 0 spiro atoms. The van der Waals surface area contributed by atoms with E-state index in [0.717, 1.165) is 19.3 Å². The van der Waals surface area contributed by atoms with E-state index in [9.17, 15) is 18.3 Å². The van der Waals surface area contributed by atoms with E-state index in [1.807, 2.05) is 13.8 Å². The van der Waals surface area contributed by atoms with Crippen molar-refractivity contribution in [1.82, 2.24) is 5.32 Å². The molecule has 0 aromatic rings. The predicted molar refractivity (Wildman–Crippen MR) is 69.4 cm³/mol. The molecule has 0 aromatic heterocycles. The molecule has 20 heavy (non-hydrogen) atoms. The third-order valence-electron chi connectivity index (χ3n) is 4.76. The molecule has 4 unspecified atom stereocenters. The van der Waals surface area contributed by atoms with Gasteiger partial charge in [-0.3, -0.25) is 0 Å². The lowest BCUT2D eigenvalue weighted by molar-refractivity contribution is -0.189. The first-order valence-electron chi connectivity index (χ1n) is 7.31. The summed E-state index contributed by atoms with van der Waals surface area (Å²) in [4.78, 5) is 0. The minimum Gasteiger partial charge on any atom is -0.392 e. The fraction of sp³-hybridized carbons (Fsp3) is 1.00. The van der Waals surface area contributed by atoms with Gasteiger partial charge < -0.3 is 15.2 Å². The zero-order valence-electron chi connectivity index (χ0n) is 12.0. The highest BCUT2D eigenvalue weighted by Gasteiger charge is 2.48. The Hall–Kier alpha value is -0.330. The van der Waals surface area contributed by atoms with Gasteiger partial charge in [0.2, 0.25) is 0 Å². The van der Waals surface area contributed by atoms with Gasteiger partial charge in [-0.2, -0.15) is 13.2 Å². The summed E-state index contributed by atoms with van der Waals surface area (Å²) in [5.74, 6) is 0. The quantitative estimate of drug-likeness (QED) is 0.838. The number of nitrogens with one attached hydrogen (secondary N) is 1.